The maximum Gasteiger partial charge on any atom is 0.0736 e. The second-order valence-electron chi connectivity index (χ2n) is 2.72. The van der Waals surface area contributed by atoms with Crippen LogP contribution in [-0.2, 0) is 0 Å². The molecule has 2 unspecified atom stereocenters. The summed E-state index contributed by atoms with van der Waals surface area (Å²) in [6.45, 7) is 1.93. The lowest BCUT2D eigenvalue weighted by molar-refractivity contribution is 0.0774. The van der Waals surface area contributed by atoms with Crippen molar-refractivity contribution in [2.75, 3.05) is 0 Å². The van der Waals surface area contributed by atoms with Crippen LogP contribution in [0.5, 0.6) is 0 Å². The molecule has 1 rings (SSSR count). The van der Waals surface area contributed by atoms with E-state index in [1.165, 1.54) is 12.8 Å². The third-order valence-electron chi connectivity index (χ3n) is 1.82. The van der Waals surface area contributed by atoms with Gasteiger partial charge in [-0.3, -0.25) is 0 Å². The highest BCUT2D eigenvalue weighted by molar-refractivity contribution is 14.1. The maximum atomic E-state index is 9.46. The van der Waals surface area contributed by atoms with Crippen LogP contribution in [0.4, 0.5) is 0 Å². The third-order valence-corrected chi connectivity index (χ3v) is 3.78. The van der Waals surface area contributed by atoms with Gasteiger partial charge in [0.2, 0.25) is 0 Å². The number of alkyl halides is 1. The fourth-order valence-electron chi connectivity index (χ4n) is 1.11. The molecule has 0 radical (unpaired) electrons. The van der Waals surface area contributed by atoms with Crippen LogP contribution >= 0.6 is 22.6 Å². The quantitative estimate of drug-likeness (QED) is 0.492. The van der Waals surface area contributed by atoms with Gasteiger partial charge < -0.3 is 5.11 Å². The Balaban J connectivity index is 2.54. The zero-order valence-electron chi connectivity index (χ0n) is 5.02. The van der Waals surface area contributed by atoms with Crippen molar-refractivity contribution in [2.45, 2.75) is 35.7 Å². The van der Waals surface area contributed by atoms with Crippen LogP contribution in [0, 0.1) is 0 Å². The van der Waals surface area contributed by atoms with Gasteiger partial charge in [-0.15, -0.1) is 0 Å². The molecule has 0 bridgehead atoms. The van der Waals surface area contributed by atoms with Gasteiger partial charge in [0.25, 0.3) is 0 Å². The molecule has 0 aromatic carbocycles. The molecule has 48 valence electrons. The van der Waals surface area contributed by atoms with Gasteiger partial charge in [0.1, 0.15) is 0 Å². The molecule has 1 aliphatic carbocycles. The summed E-state index contributed by atoms with van der Waals surface area (Å²) in [5, 5.41) is 9.46. The summed E-state index contributed by atoms with van der Waals surface area (Å²) in [4.78, 5) is 0. The molecule has 8 heavy (non-hydrogen) atoms. The topological polar surface area (TPSA) is 20.2 Å². The first-order valence-corrected chi connectivity index (χ1v) is 4.24. The molecule has 1 N–H and O–H groups in total. The molecule has 0 amide bonds. The summed E-state index contributed by atoms with van der Waals surface area (Å²) >= 11 is 2.32. The van der Waals surface area contributed by atoms with Crippen molar-refractivity contribution in [2.24, 2.45) is 0 Å². The molecule has 1 nitrogen and oxygen atoms in total. The van der Waals surface area contributed by atoms with Crippen molar-refractivity contribution in [1.29, 1.82) is 0 Å². The van der Waals surface area contributed by atoms with E-state index in [0.717, 1.165) is 6.42 Å². The van der Waals surface area contributed by atoms with Crippen LogP contribution in [-0.4, -0.2) is 14.6 Å². The standard InChI is InChI=1S/C6H11IO/c1-6(8)4-2-3-5(6)7/h5,8H,2-4H2,1H3. The highest BCUT2D eigenvalue weighted by atomic mass is 127. The van der Waals surface area contributed by atoms with Crippen molar-refractivity contribution in [3.8, 4) is 0 Å². The van der Waals surface area contributed by atoms with E-state index in [2.05, 4.69) is 22.6 Å². The Kier molecular flexibility index (Phi) is 1.82. The van der Waals surface area contributed by atoms with Crippen LogP contribution in [0.1, 0.15) is 26.2 Å². The highest BCUT2D eigenvalue weighted by Gasteiger charge is 2.34. The minimum Gasteiger partial charge on any atom is -0.389 e. The molecule has 0 aromatic rings. The Morgan fingerprint density at radius 1 is 1.75 bits per heavy atom. The van der Waals surface area contributed by atoms with E-state index in [4.69, 9.17) is 0 Å². The average molecular weight is 226 g/mol. The molecular weight excluding hydrogens is 215 g/mol. The van der Waals surface area contributed by atoms with E-state index in [1.807, 2.05) is 6.92 Å². The number of aliphatic hydroxyl groups is 1. The Morgan fingerprint density at radius 3 is 2.50 bits per heavy atom. The van der Waals surface area contributed by atoms with Crippen LogP contribution in [0.3, 0.4) is 0 Å². The van der Waals surface area contributed by atoms with Crippen LogP contribution in [0.25, 0.3) is 0 Å². The highest BCUT2D eigenvalue weighted by Crippen LogP contribution is 2.34. The lowest BCUT2D eigenvalue weighted by Crippen LogP contribution is -2.28. The van der Waals surface area contributed by atoms with Gasteiger partial charge in [-0.25, -0.2) is 0 Å². The van der Waals surface area contributed by atoms with Crippen LogP contribution in [0.2, 0.25) is 0 Å². The first-order chi connectivity index (χ1) is 3.63. The van der Waals surface area contributed by atoms with Crippen molar-refractivity contribution in [1.82, 2.24) is 0 Å². The number of halogens is 1. The van der Waals surface area contributed by atoms with Gasteiger partial charge >= 0.3 is 0 Å². The van der Waals surface area contributed by atoms with E-state index in [1.54, 1.807) is 0 Å². The third kappa shape index (κ3) is 1.16. The van der Waals surface area contributed by atoms with Gasteiger partial charge in [-0.2, -0.15) is 0 Å². The number of hydrogen-bond donors (Lipinski definition) is 1. The van der Waals surface area contributed by atoms with E-state index in [9.17, 15) is 5.11 Å². The van der Waals surface area contributed by atoms with Gasteiger partial charge in [0, 0.05) is 3.92 Å². The van der Waals surface area contributed by atoms with Gasteiger partial charge in [0.05, 0.1) is 5.60 Å². The minimum absolute atomic E-state index is 0.361. The first kappa shape index (κ1) is 6.81. The molecule has 0 heterocycles. The van der Waals surface area contributed by atoms with Crippen LogP contribution < -0.4 is 0 Å². The lowest BCUT2D eigenvalue weighted by Gasteiger charge is -2.19. The van der Waals surface area contributed by atoms with E-state index >= 15 is 0 Å². The minimum atomic E-state index is -0.361. The zero-order chi connectivity index (χ0) is 6.20. The largest absolute Gasteiger partial charge is 0.389 e. The molecule has 0 aromatic heterocycles. The van der Waals surface area contributed by atoms with Crippen LogP contribution in [0.15, 0.2) is 0 Å². The Morgan fingerprint density at radius 2 is 2.38 bits per heavy atom. The number of rotatable bonds is 0. The van der Waals surface area contributed by atoms with Crippen molar-refractivity contribution >= 4 is 22.6 Å². The summed E-state index contributed by atoms with van der Waals surface area (Å²) in [5.41, 5.74) is -0.361. The van der Waals surface area contributed by atoms with Crippen molar-refractivity contribution in [3.05, 3.63) is 0 Å². The second kappa shape index (κ2) is 2.14. The zero-order valence-corrected chi connectivity index (χ0v) is 7.18. The molecular formula is C6H11IO. The SMILES string of the molecule is CC1(O)CCCC1I. The molecule has 2 atom stereocenters. The Labute approximate surface area is 63.6 Å². The maximum absolute atomic E-state index is 9.46. The normalized spacial score (nSPS) is 47.6. The molecule has 1 saturated carbocycles. The summed E-state index contributed by atoms with van der Waals surface area (Å²) in [6, 6.07) is 0. The predicted octanol–water partition coefficient (Wildman–Crippen LogP) is 1.72. The van der Waals surface area contributed by atoms with Gasteiger partial charge in [0.15, 0.2) is 0 Å². The van der Waals surface area contributed by atoms with E-state index in [-0.39, 0.29) is 5.60 Å². The predicted molar refractivity (Wildman–Crippen MR) is 42.3 cm³/mol. The molecule has 1 fully saturated rings. The van der Waals surface area contributed by atoms with Gasteiger partial charge in [-0.05, 0) is 26.2 Å². The summed E-state index contributed by atoms with van der Waals surface area (Å²) in [6.07, 6.45) is 3.37. The number of hydrogen-bond acceptors (Lipinski definition) is 1. The monoisotopic (exact) mass is 226 g/mol. The summed E-state index contributed by atoms with van der Waals surface area (Å²) in [7, 11) is 0. The Bertz CT molecular complexity index is 90.5. The molecule has 0 spiro atoms. The lowest BCUT2D eigenvalue weighted by atomic mass is 10.1. The van der Waals surface area contributed by atoms with Crippen molar-refractivity contribution < 1.29 is 5.11 Å². The fraction of sp³-hybridized carbons (Fsp3) is 1.00. The van der Waals surface area contributed by atoms with E-state index in [0.29, 0.717) is 3.92 Å². The van der Waals surface area contributed by atoms with Crippen molar-refractivity contribution in [3.63, 3.8) is 0 Å². The van der Waals surface area contributed by atoms with Gasteiger partial charge in [-0.1, -0.05) is 22.6 Å². The average Bonchev–Trinajstić information content (AvgIpc) is 1.86. The molecule has 2 heteroatoms. The molecule has 1 aliphatic rings. The first-order valence-electron chi connectivity index (χ1n) is 2.99. The fourth-order valence-corrected chi connectivity index (χ4v) is 1.86. The molecule has 0 aliphatic heterocycles. The molecule has 0 saturated heterocycles. The Hall–Kier alpha value is 0.690. The summed E-state index contributed by atoms with van der Waals surface area (Å²) in [5.74, 6) is 0. The summed E-state index contributed by atoms with van der Waals surface area (Å²) < 4.78 is 0.486. The second-order valence-corrected chi connectivity index (χ2v) is 4.22. The van der Waals surface area contributed by atoms with E-state index < -0.39 is 0 Å². The smallest absolute Gasteiger partial charge is 0.0736 e.